The van der Waals surface area contributed by atoms with E-state index < -0.39 is 0 Å². The molecule has 1 unspecified atom stereocenters. The van der Waals surface area contributed by atoms with Crippen LogP contribution < -0.4 is 0 Å². The molecule has 7 heavy (non-hydrogen) atoms. The van der Waals surface area contributed by atoms with E-state index in [1.165, 1.54) is 12.8 Å². The minimum Gasteiger partial charge on any atom is -0.0654 e. The third-order valence-corrected chi connectivity index (χ3v) is 1.27. The minimum absolute atomic E-state index is 0.838. The molecule has 0 rings (SSSR count). The molecular formula is C7H15+. The van der Waals surface area contributed by atoms with Crippen molar-refractivity contribution in [3.8, 4) is 0 Å². The molecule has 0 aromatic rings. The Labute approximate surface area is 46.9 Å². The maximum absolute atomic E-state index is 3.80. The third-order valence-electron chi connectivity index (χ3n) is 1.27. The Balaban J connectivity index is 2.83. The van der Waals surface area contributed by atoms with Gasteiger partial charge >= 0.3 is 0 Å². The molecule has 0 saturated carbocycles. The van der Waals surface area contributed by atoms with Crippen LogP contribution in [-0.4, -0.2) is 0 Å². The van der Waals surface area contributed by atoms with Crippen molar-refractivity contribution in [2.24, 2.45) is 5.92 Å². The summed E-state index contributed by atoms with van der Waals surface area (Å²) in [7, 11) is 0. The zero-order valence-corrected chi connectivity index (χ0v) is 5.41. The molecule has 0 spiro atoms. The zero-order valence-electron chi connectivity index (χ0n) is 5.41. The lowest BCUT2D eigenvalue weighted by molar-refractivity contribution is 0.530. The summed E-state index contributed by atoms with van der Waals surface area (Å²) < 4.78 is 0. The predicted octanol–water partition coefficient (Wildman–Crippen LogP) is 2.65. The van der Waals surface area contributed by atoms with Gasteiger partial charge in [-0.05, 0) is 12.3 Å². The van der Waals surface area contributed by atoms with Gasteiger partial charge in [-0.25, -0.2) is 0 Å². The zero-order chi connectivity index (χ0) is 5.70. The van der Waals surface area contributed by atoms with Gasteiger partial charge in [-0.15, -0.1) is 0 Å². The minimum atomic E-state index is 0.838. The molecule has 0 nitrogen and oxygen atoms in total. The Morgan fingerprint density at radius 2 is 2.14 bits per heavy atom. The van der Waals surface area contributed by atoms with E-state index in [4.69, 9.17) is 0 Å². The Morgan fingerprint density at radius 1 is 1.57 bits per heavy atom. The summed E-state index contributed by atoms with van der Waals surface area (Å²) in [5.74, 6) is 0.838. The van der Waals surface area contributed by atoms with Crippen molar-refractivity contribution in [2.75, 3.05) is 0 Å². The highest BCUT2D eigenvalue weighted by atomic mass is 14.0. The van der Waals surface area contributed by atoms with Crippen molar-refractivity contribution in [3.63, 3.8) is 0 Å². The van der Waals surface area contributed by atoms with Crippen molar-refractivity contribution < 1.29 is 0 Å². The maximum Gasteiger partial charge on any atom is 0.0876 e. The Hall–Kier alpha value is -0.130. The van der Waals surface area contributed by atoms with Crippen LogP contribution in [0.25, 0.3) is 0 Å². The highest BCUT2D eigenvalue weighted by Crippen LogP contribution is 2.06. The van der Waals surface area contributed by atoms with E-state index in [9.17, 15) is 0 Å². The van der Waals surface area contributed by atoms with E-state index in [1.54, 1.807) is 0 Å². The van der Waals surface area contributed by atoms with Gasteiger partial charge < -0.3 is 0 Å². The molecule has 0 fully saturated rings. The quantitative estimate of drug-likeness (QED) is 0.477. The average molecular weight is 99.2 g/mol. The molecule has 0 aromatic heterocycles. The lowest BCUT2D eigenvalue weighted by atomic mass is 10.0. The molecule has 0 aromatic carbocycles. The van der Waals surface area contributed by atoms with Crippen molar-refractivity contribution >= 4 is 0 Å². The highest BCUT2D eigenvalue weighted by molar-refractivity contribution is 4.51. The first-order valence-corrected chi connectivity index (χ1v) is 3.10. The standard InChI is InChI=1S/C7H15/c1-4-6-7(3)5-2/h7H,2,4-6H2,1,3H3/q+1. The Kier molecular flexibility index (Phi) is 3.97. The molecule has 0 radical (unpaired) electrons. The Bertz CT molecular complexity index is 31.0. The van der Waals surface area contributed by atoms with Crippen LogP contribution in [0.2, 0.25) is 0 Å². The van der Waals surface area contributed by atoms with Crippen LogP contribution in [0.15, 0.2) is 0 Å². The van der Waals surface area contributed by atoms with Gasteiger partial charge in [0, 0.05) is 0 Å². The van der Waals surface area contributed by atoms with Gasteiger partial charge in [0.1, 0.15) is 0 Å². The fraction of sp³-hybridized carbons (Fsp3) is 0.857. The largest absolute Gasteiger partial charge is 0.0876 e. The summed E-state index contributed by atoms with van der Waals surface area (Å²) in [6.07, 6.45) is 3.73. The average Bonchev–Trinajstić information content (AvgIpc) is 1.68. The summed E-state index contributed by atoms with van der Waals surface area (Å²) in [6, 6.07) is 0. The SMILES string of the molecule is [CH2+]CC(C)CCC. The van der Waals surface area contributed by atoms with Gasteiger partial charge in [-0.3, -0.25) is 0 Å². The van der Waals surface area contributed by atoms with Crippen LogP contribution in [0.3, 0.4) is 0 Å². The lowest BCUT2D eigenvalue weighted by Gasteiger charge is -1.98. The van der Waals surface area contributed by atoms with Crippen LogP contribution in [-0.2, 0) is 0 Å². The summed E-state index contributed by atoms with van der Waals surface area (Å²) in [4.78, 5) is 0. The molecule has 0 aliphatic carbocycles. The second-order valence-electron chi connectivity index (χ2n) is 2.18. The van der Waals surface area contributed by atoms with Crippen LogP contribution >= 0.6 is 0 Å². The molecular weight excluding hydrogens is 84.1 g/mol. The van der Waals surface area contributed by atoms with Gasteiger partial charge in [0.05, 0.1) is 13.3 Å². The second-order valence-corrected chi connectivity index (χ2v) is 2.18. The fourth-order valence-electron chi connectivity index (χ4n) is 0.637. The van der Waals surface area contributed by atoms with E-state index >= 15 is 0 Å². The molecule has 0 aliphatic rings. The second kappa shape index (κ2) is 4.04. The van der Waals surface area contributed by atoms with Crippen LogP contribution in [0.5, 0.6) is 0 Å². The lowest BCUT2D eigenvalue weighted by Crippen LogP contribution is -1.88. The van der Waals surface area contributed by atoms with E-state index in [1.807, 2.05) is 0 Å². The predicted molar refractivity (Wildman–Crippen MR) is 34.0 cm³/mol. The molecule has 1 atom stereocenters. The van der Waals surface area contributed by atoms with Gasteiger partial charge in [-0.1, -0.05) is 20.3 Å². The van der Waals surface area contributed by atoms with Gasteiger partial charge in [0.2, 0.25) is 0 Å². The van der Waals surface area contributed by atoms with Crippen LogP contribution in [0.1, 0.15) is 33.1 Å². The fourth-order valence-corrected chi connectivity index (χ4v) is 0.637. The molecule has 0 saturated heterocycles. The maximum atomic E-state index is 3.80. The third kappa shape index (κ3) is 3.71. The smallest absolute Gasteiger partial charge is 0.0654 e. The van der Waals surface area contributed by atoms with Gasteiger partial charge in [-0.2, -0.15) is 0 Å². The monoisotopic (exact) mass is 99.1 g/mol. The van der Waals surface area contributed by atoms with Gasteiger partial charge in [0.15, 0.2) is 0 Å². The number of rotatable bonds is 3. The molecule has 0 heteroatoms. The number of hydrogen-bond donors (Lipinski definition) is 0. The summed E-state index contributed by atoms with van der Waals surface area (Å²) in [6.45, 7) is 8.27. The normalized spacial score (nSPS) is 14.0. The molecule has 0 aliphatic heterocycles. The summed E-state index contributed by atoms with van der Waals surface area (Å²) >= 11 is 0. The summed E-state index contributed by atoms with van der Waals surface area (Å²) in [5, 5.41) is 0. The number of hydrogen-bond acceptors (Lipinski definition) is 0. The first-order valence-electron chi connectivity index (χ1n) is 3.10. The topological polar surface area (TPSA) is 0 Å². The Morgan fingerprint density at radius 3 is 2.29 bits per heavy atom. The van der Waals surface area contributed by atoms with E-state index in [-0.39, 0.29) is 0 Å². The highest BCUT2D eigenvalue weighted by Gasteiger charge is 1.97. The molecule has 0 amide bonds. The molecule has 42 valence electrons. The van der Waals surface area contributed by atoms with Crippen LogP contribution in [0, 0.1) is 12.8 Å². The molecule has 0 heterocycles. The summed E-state index contributed by atoms with van der Waals surface area (Å²) in [5.41, 5.74) is 0. The van der Waals surface area contributed by atoms with Gasteiger partial charge in [0.25, 0.3) is 0 Å². The van der Waals surface area contributed by atoms with E-state index in [2.05, 4.69) is 20.8 Å². The van der Waals surface area contributed by atoms with E-state index in [0.717, 1.165) is 12.3 Å². The van der Waals surface area contributed by atoms with Crippen molar-refractivity contribution in [1.29, 1.82) is 0 Å². The van der Waals surface area contributed by atoms with Crippen molar-refractivity contribution in [3.05, 3.63) is 6.92 Å². The first kappa shape index (κ1) is 6.87. The van der Waals surface area contributed by atoms with Crippen molar-refractivity contribution in [1.82, 2.24) is 0 Å². The molecule has 0 N–H and O–H groups in total. The first-order chi connectivity index (χ1) is 3.31. The molecule has 0 bridgehead atoms. The van der Waals surface area contributed by atoms with E-state index in [0.29, 0.717) is 0 Å². The van der Waals surface area contributed by atoms with Crippen molar-refractivity contribution in [2.45, 2.75) is 33.1 Å². The van der Waals surface area contributed by atoms with Crippen LogP contribution in [0.4, 0.5) is 0 Å².